The second-order valence-electron chi connectivity index (χ2n) is 11.6. The quantitative estimate of drug-likeness (QED) is 0.156. The van der Waals surface area contributed by atoms with Gasteiger partial charge in [0.1, 0.15) is 29.9 Å². The first-order chi connectivity index (χ1) is 21.5. The van der Waals surface area contributed by atoms with Crippen LogP contribution < -0.4 is 4.74 Å². The van der Waals surface area contributed by atoms with Crippen molar-refractivity contribution in [3.05, 3.63) is 111 Å². The lowest BCUT2D eigenvalue weighted by Gasteiger charge is -2.28. The third-order valence-electron chi connectivity index (χ3n) is 8.02. The van der Waals surface area contributed by atoms with Crippen molar-refractivity contribution in [1.29, 1.82) is 0 Å². The number of imidazole rings is 1. The van der Waals surface area contributed by atoms with Crippen LogP contribution >= 0.6 is 15.9 Å². The number of aromatic nitrogens is 3. The van der Waals surface area contributed by atoms with E-state index in [0.717, 1.165) is 12.1 Å². The molecule has 7 nitrogen and oxygen atoms in total. The molecular weight excluding hydrogens is 651 g/mol. The first-order valence-electron chi connectivity index (χ1n) is 14.2. The Balaban J connectivity index is 1.31. The lowest BCUT2D eigenvalue weighted by molar-refractivity contribution is 0.0601. The van der Waals surface area contributed by atoms with Crippen LogP contribution in [-0.4, -0.2) is 40.8 Å². The molecule has 5 aromatic rings. The van der Waals surface area contributed by atoms with E-state index in [9.17, 15) is 9.18 Å². The lowest BCUT2D eigenvalue weighted by Crippen LogP contribution is -2.27. The average Bonchev–Trinajstić information content (AvgIpc) is 3.55. The summed E-state index contributed by atoms with van der Waals surface area (Å²) in [6.45, 7) is 4.97. The molecule has 0 bridgehead atoms. The molecule has 1 aliphatic heterocycles. The van der Waals surface area contributed by atoms with E-state index in [1.165, 1.54) is 13.2 Å². The minimum absolute atomic E-state index is 0.00676. The van der Waals surface area contributed by atoms with Crippen molar-refractivity contribution in [1.82, 2.24) is 14.5 Å². The molecule has 0 unspecified atom stereocenters. The van der Waals surface area contributed by atoms with Crippen LogP contribution in [0, 0.1) is 22.9 Å². The van der Waals surface area contributed by atoms with E-state index in [2.05, 4.69) is 34.8 Å². The van der Waals surface area contributed by atoms with E-state index in [1.54, 1.807) is 48.5 Å². The molecule has 232 valence electrons. The van der Waals surface area contributed by atoms with Gasteiger partial charge in [0.15, 0.2) is 0 Å². The Morgan fingerprint density at radius 2 is 1.80 bits per heavy atom. The molecule has 0 saturated carbocycles. The topological polar surface area (TPSA) is 75.5 Å². The maximum absolute atomic E-state index is 15.7. The maximum Gasteiger partial charge on any atom is 0.337 e. The number of pyridine rings is 1. The number of fused-ring (bicyclic) bond motifs is 1. The zero-order valence-corrected chi connectivity index (χ0v) is 26.3. The fourth-order valence-electron chi connectivity index (χ4n) is 5.57. The molecule has 0 radical (unpaired) electrons. The number of hydrogen-bond donors (Lipinski definition) is 0. The van der Waals surface area contributed by atoms with E-state index in [-0.39, 0.29) is 47.2 Å². The van der Waals surface area contributed by atoms with Crippen LogP contribution in [-0.2, 0) is 22.5 Å². The summed E-state index contributed by atoms with van der Waals surface area (Å²) >= 11 is 3.22. The number of ether oxygens (including phenoxy) is 3. The molecule has 1 atom stereocenters. The maximum atomic E-state index is 15.7. The Hall–Kier alpha value is -4.22. The van der Waals surface area contributed by atoms with Crippen molar-refractivity contribution in [2.45, 2.75) is 32.9 Å². The predicted octanol–water partition coefficient (Wildman–Crippen LogP) is 7.83. The van der Waals surface area contributed by atoms with Crippen molar-refractivity contribution < 1.29 is 32.2 Å². The summed E-state index contributed by atoms with van der Waals surface area (Å²) in [5.41, 5.74) is 1.93. The highest BCUT2D eigenvalue weighted by Crippen LogP contribution is 2.40. The van der Waals surface area contributed by atoms with Crippen LogP contribution in [0.15, 0.2) is 71.2 Å². The summed E-state index contributed by atoms with van der Waals surface area (Å²) in [5.74, 6) is -1.58. The monoisotopic (exact) mass is 679 g/mol. The molecule has 0 amide bonds. The molecule has 45 heavy (non-hydrogen) atoms. The van der Waals surface area contributed by atoms with Gasteiger partial charge in [-0.15, -0.1) is 0 Å². The van der Waals surface area contributed by atoms with E-state index >= 15 is 8.78 Å². The van der Waals surface area contributed by atoms with Crippen molar-refractivity contribution in [2.24, 2.45) is 5.41 Å². The number of esters is 1. The zero-order chi connectivity index (χ0) is 31.9. The first kappa shape index (κ1) is 30.8. The van der Waals surface area contributed by atoms with E-state index in [4.69, 9.17) is 19.2 Å². The molecule has 3 heterocycles. The third-order valence-corrected chi connectivity index (χ3v) is 8.52. The Labute approximate surface area is 266 Å². The minimum atomic E-state index is -0.671. The van der Waals surface area contributed by atoms with E-state index in [1.807, 2.05) is 4.57 Å². The lowest BCUT2D eigenvalue weighted by atomic mass is 9.87. The molecule has 0 N–H and O–H groups in total. The van der Waals surface area contributed by atoms with Gasteiger partial charge in [-0.1, -0.05) is 41.9 Å². The number of rotatable bonds is 8. The second kappa shape index (κ2) is 12.3. The minimum Gasteiger partial charge on any atom is -0.473 e. The van der Waals surface area contributed by atoms with Crippen LogP contribution in [0.5, 0.6) is 5.88 Å². The molecule has 0 spiro atoms. The van der Waals surface area contributed by atoms with Crippen molar-refractivity contribution in [2.75, 3.05) is 20.3 Å². The molecule has 1 fully saturated rings. The number of benzene rings is 3. The van der Waals surface area contributed by atoms with Crippen molar-refractivity contribution >= 4 is 32.9 Å². The molecule has 1 saturated heterocycles. The van der Waals surface area contributed by atoms with Crippen LogP contribution in [0.2, 0.25) is 0 Å². The van der Waals surface area contributed by atoms with Gasteiger partial charge >= 0.3 is 5.97 Å². The van der Waals surface area contributed by atoms with Gasteiger partial charge in [0.25, 0.3) is 0 Å². The highest BCUT2D eigenvalue weighted by Gasteiger charge is 2.39. The smallest absolute Gasteiger partial charge is 0.337 e. The van der Waals surface area contributed by atoms with Crippen LogP contribution in [0.25, 0.3) is 22.3 Å². The van der Waals surface area contributed by atoms with Gasteiger partial charge in [0, 0.05) is 33.5 Å². The van der Waals surface area contributed by atoms with Gasteiger partial charge in [-0.25, -0.2) is 27.9 Å². The molecule has 6 rings (SSSR count). The Morgan fingerprint density at radius 3 is 2.53 bits per heavy atom. The highest BCUT2D eigenvalue weighted by molar-refractivity contribution is 9.10. The highest BCUT2D eigenvalue weighted by atomic mass is 79.9. The standard InChI is InChI=1S/C34H29BrF3N3O4/c1-34(2)18-44-17-30(34)41-29-12-19(33(42)43-3)8-10-28(29)39-31(41)13-21-11-26(38)23(15-25(21)37)27-5-4-6-32(40-27)45-16-20-7-9-22(35)14-24(20)36/h4-12,14-15,30H,13,16-18H2,1-3H3/t30-/m1/s1. The molecule has 2 aromatic heterocycles. The van der Waals surface area contributed by atoms with E-state index < -0.39 is 23.4 Å². The Kier molecular flexibility index (Phi) is 8.41. The fourth-order valence-corrected chi connectivity index (χ4v) is 5.90. The van der Waals surface area contributed by atoms with Crippen molar-refractivity contribution in [3.8, 4) is 17.1 Å². The third kappa shape index (κ3) is 6.19. The Bertz CT molecular complexity index is 1930. The normalized spacial score (nSPS) is 15.8. The van der Waals surface area contributed by atoms with Crippen LogP contribution in [0.4, 0.5) is 13.2 Å². The number of methoxy groups -OCH3 is 1. The largest absolute Gasteiger partial charge is 0.473 e. The molecule has 3 aromatic carbocycles. The van der Waals surface area contributed by atoms with Gasteiger partial charge in [-0.3, -0.25) is 0 Å². The van der Waals surface area contributed by atoms with Crippen LogP contribution in [0.1, 0.15) is 47.2 Å². The SMILES string of the molecule is COC(=O)c1ccc2nc(Cc3cc(F)c(-c4cccc(OCc5ccc(Br)cc5F)n4)cc3F)n([C@@H]3COCC3(C)C)c2c1. The second-order valence-corrected chi connectivity index (χ2v) is 12.5. The average molecular weight is 681 g/mol. The first-order valence-corrected chi connectivity index (χ1v) is 15.0. The van der Waals surface area contributed by atoms with Gasteiger partial charge in [-0.05, 0) is 54.1 Å². The molecule has 0 aliphatic carbocycles. The molecular formula is C34H29BrF3N3O4. The van der Waals surface area contributed by atoms with Gasteiger partial charge in [0.2, 0.25) is 5.88 Å². The molecule has 11 heteroatoms. The summed E-state index contributed by atoms with van der Waals surface area (Å²) in [4.78, 5) is 21.4. The number of nitrogens with zero attached hydrogens (tertiary/aromatic N) is 3. The Morgan fingerprint density at radius 1 is 1.00 bits per heavy atom. The summed E-state index contributed by atoms with van der Waals surface area (Å²) in [6, 6.07) is 16.5. The van der Waals surface area contributed by atoms with Crippen molar-refractivity contribution in [3.63, 3.8) is 0 Å². The van der Waals surface area contributed by atoms with Gasteiger partial charge in [-0.2, -0.15) is 0 Å². The number of hydrogen-bond acceptors (Lipinski definition) is 6. The predicted molar refractivity (Wildman–Crippen MR) is 166 cm³/mol. The summed E-state index contributed by atoms with van der Waals surface area (Å²) in [5, 5.41) is 0. The summed E-state index contributed by atoms with van der Waals surface area (Å²) in [6.07, 6.45) is -0.00676. The molecule has 1 aliphatic rings. The van der Waals surface area contributed by atoms with E-state index in [0.29, 0.717) is 45.7 Å². The number of carbonyl (C=O) groups excluding carboxylic acids is 1. The number of carbonyl (C=O) groups is 1. The fraction of sp³-hybridized carbons (Fsp3) is 0.265. The summed E-state index contributed by atoms with van der Waals surface area (Å²) < 4.78 is 64.4. The zero-order valence-electron chi connectivity index (χ0n) is 24.7. The van der Waals surface area contributed by atoms with Crippen LogP contribution in [0.3, 0.4) is 0 Å². The van der Waals surface area contributed by atoms with Gasteiger partial charge < -0.3 is 18.8 Å². The summed E-state index contributed by atoms with van der Waals surface area (Å²) in [7, 11) is 1.31. The van der Waals surface area contributed by atoms with Gasteiger partial charge in [0.05, 0.1) is 48.7 Å². The number of halogens is 4.